The van der Waals surface area contributed by atoms with Gasteiger partial charge in [0.15, 0.2) is 11.5 Å². The molecule has 0 aliphatic heterocycles. The van der Waals surface area contributed by atoms with E-state index in [9.17, 15) is 5.11 Å². The van der Waals surface area contributed by atoms with Gasteiger partial charge in [-0.15, -0.1) is 0 Å². The van der Waals surface area contributed by atoms with Crippen LogP contribution in [0.1, 0.15) is 5.56 Å². The summed E-state index contributed by atoms with van der Waals surface area (Å²) >= 11 is 3.39. The average Bonchev–Trinajstić information content (AvgIpc) is 2.38. The van der Waals surface area contributed by atoms with Crippen LogP contribution in [0.3, 0.4) is 0 Å². The van der Waals surface area contributed by atoms with Crippen molar-refractivity contribution in [3.05, 3.63) is 52.5 Å². The van der Waals surface area contributed by atoms with Crippen molar-refractivity contribution in [3.8, 4) is 11.5 Å². The first kappa shape index (κ1) is 12.8. The molecule has 0 aliphatic rings. The fourth-order valence-corrected chi connectivity index (χ4v) is 1.88. The number of benzene rings is 2. The minimum absolute atomic E-state index is 0.160. The number of ether oxygens (including phenoxy) is 1. The summed E-state index contributed by atoms with van der Waals surface area (Å²) in [6, 6.07) is 13.3. The molecule has 0 aliphatic carbocycles. The summed E-state index contributed by atoms with van der Waals surface area (Å²) in [5, 5.41) is 12.9. The zero-order chi connectivity index (χ0) is 13.0. The Bertz CT molecular complexity index is 526. The minimum Gasteiger partial charge on any atom is -0.504 e. The summed E-state index contributed by atoms with van der Waals surface area (Å²) in [5.74, 6) is 0.648. The van der Waals surface area contributed by atoms with Crippen LogP contribution >= 0.6 is 15.9 Å². The van der Waals surface area contributed by atoms with E-state index in [2.05, 4.69) is 21.2 Å². The van der Waals surface area contributed by atoms with Crippen molar-refractivity contribution in [3.63, 3.8) is 0 Å². The SMILES string of the molecule is COc1ccc(CNc2ccc(Br)cc2)cc1O. The van der Waals surface area contributed by atoms with Crippen LogP contribution in [0.15, 0.2) is 46.9 Å². The maximum Gasteiger partial charge on any atom is 0.160 e. The molecule has 2 aromatic rings. The van der Waals surface area contributed by atoms with Crippen LogP contribution in [0.2, 0.25) is 0 Å². The monoisotopic (exact) mass is 307 g/mol. The summed E-state index contributed by atoms with van der Waals surface area (Å²) in [6.07, 6.45) is 0. The Morgan fingerprint density at radius 1 is 1.17 bits per heavy atom. The quantitative estimate of drug-likeness (QED) is 0.903. The number of methoxy groups -OCH3 is 1. The molecule has 3 nitrogen and oxygen atoms in total. The van der Waals surface area contributed by atoms with Gasteiger partial charge in [0.2, 0.25) is 0 Å². The number of phenolic OH excluding ortho intramolecular Hbond substituents is 1. The molecular formula is C14H14BrNO2. The highest BCUT2D eigenvalue weighted by molar-refractivity contribution is 9.10. The Kier molecular flexibility index (Phi) is 4.10. The fraction of sp³-hybridized carbons (Fsp3) is 0.143. The van der Waals surface area contributed by atoms with Gasteiger partial charge in [-0.3, -0.25) is 0 Å². The van der Waals surface area contributed by atoms with Gasteiger partial charge >= 0.3 is 0 Å². The molecule has 0 atom stereocenters. The number of anilines is 1. The number of nitrogens with one attached hydrogen (secondary N) is 1. The molecule has 0 saturated carbocycles. The van der Waals surface area contributed by atoms with Crippen LogP contribution < -0.4 is 10.1 Å². The smallest absolute Gasteiger partial charge is 0.160 e. The van der Waals surface area contributed by atoms with Crippen molar-refractivity contribution in [1.82, 2.24) is 0 Å². The third kappa shape index (κ3) is 3.17. The molecule has 94 valence electrons. The molecule has 0 bridgehead atoms. The van der Waals surface area contributed by atoms with Crippen LogP contribution in [0, 0.1) is 0 Å². The van der Waals surface area contributed by atoms with Crippen LogP contribution in [-0.4, -0.2) is 12.2 Å². The van der Waals surface area contributed by atoms with Crippen molar-refractivity contribution in [2.45, 2.75) is 6.54 Å². The largest absolute Gasteiger partial charge is 0.504 e. The number of phenols is 1. The molecule has 0 radical (unpaired) electrons. The summed E-state index contributed by atoms with van der Waals surface area (Å²) < 4.78 is 6.05. The second kappa shape index (κ2) is 5.78. The zero-order valence-electron chi connectivity index (χ0n) is 9.98. The molecule has 4 heteroatoms. The van der Waals surface area contributed by atoms with E-state index in [1.54, 1.807) is 12.1 Å². The lowest BCUT2D eigenvalue weighted by Gasteiger charge is -2.08. The molecular weight excluding hydrogens is 294 g/mol. The van der Waals surface area contributed by atoms with E-state index in [1.165, 1.54) is 7.11 Å². The summed E-state index contributed by atoms with van der Waals surface area (Å²) in [4.78, 5) is 0. The van der Waals surface area contributed by atoms with Gasteiger partial charge in [0.1, 0.15) is 0 Å². The van der Waals surface area contributed by atoms with Gasteiger partial charge in [0.05, 0.1) is 7.11 Å². The topological polar surface area (TPSA) is 41.5 Å². The highest BCUT2D eigenvalue weighted by Crippen LogP contribution is 2.26. The van der Waals surface area contributed by atoms with Crippen LogP contribution in [0.5, 0.6) is 11.5 Å². The molecule has 0 spiro atoms. The predicted octanol–water partition coefficient (Wildman–Crippen LogP) is 3.78. The van der Waals surface area contributed by atoms with Crippen LogP contribution in [0.4, 0.5) is 5.69 Å². The highest BCUT2D eigenvalue weighted by Gasteiger charge is 2.02. The number of rotatable bonds is 4. The Labute approximate surface area is 115 Å². The van der Waals surface area contributed by atoms with E-state index in [4.69, 9.17) is 4.74 Å². The van der Waals surface area contributed by atoms with Gasteiger partial charge in [-0.2, -0.15) is 0 Å². The molecule has 0 aromatic heterocycles. The van der Waals surface area contributed by atoms with Crippen molar-refractivity contribution < 1.29 is 9.84 Å². The fourth-order valence-electron chi connectivity index (χ4n) is 1.62. The van der Waals surface area contributed by atoms with Crippen molar-refractivity contribution in [1.29, 1.82) is 0 Å². The maximum absolute atomic E-state index is 9.67. The van der Waals surface area contributed by atoms with Gasteiger partial charge in [-0.05, 0) is 42.0 Å². The molecule has 0 saturated heterocycles. The van der Waals surface area contributed by atoms with Crippen LogP contribution in [0.25, 0.3) is 0 Å². The Morgan fingerprint density at radius 3 is 2.50 bits per heavy atom. The van der Waals surface area contributed by atoms with E-state index in [0.29, 0.717) is 12.3 Å². The van der Waals surface area contributed by atoms with Crippen molar-refractivity contribution in [2.75, 3.05) is 12.4 Å². The van der Waals surface area contributed by atoms with Gasteiger partial charge in [-0.1, -0.05) is 22.0 Å². The molecule has 2 N–H and O–H groups in total. The molecule has 2 aromatic carbocycles. The number of hydrogen-bond acceptors (Lipinski definition) is 3. The molecule has 0 heterocycles. The lowest BCUT2D eigenvalue weighted by atomic mass is 10.2. The Balaban J connectivity index is 2.02. The van der Waals surface area contributed by atoms with E-state index in [1.807, 2.05) is 30.3 Å². The van der Waals surface area contributed by atoms with Crippen molar-refractivity contribution in [2.24, 2.45) is 0 Å². The lowest BCUT2D eigenvalue weighted by Crippen LogP contribution is -1.99. The minimum atomic E-state index is 0.160. The number of halogens is 1. The second-order valence-corrected chi connectivity index (χ2v) is 4.78. The molecule has 0 fully saturated rings. The number of hydrogen-bond donors (Lipinski definition) is 2. The van der Waals surface area contributed by atoms with Gasteiger partial charge in [0, 0.05) is 16.7 Å². The highest BCUT2D eigenvalue weighted by atomic mass is 79.9. The van der Waals surface area contributed by atoms with Crippen molar-refractivity contribution >= 4 is 21.6 Å². The number of aromatic hydroxyl groups is 1. The molecule has 2 rings (SSSR count). The normalized spacial score (nSPS) is 10.1. The van der Waals surface area contributed by atoms with Crippen LogP contribution in [-0.2, 0) is 6.54 Å². The molecule has 0 amide bonds. The third-order valence-corrected chi connectivity index (χ3v) is 3.11. The standard InChI is InChI=1S/C14H14BrNO2/c1-18-14-7-2-10(8-13(14)17)9-16-12-5-3-11(15)4-6-12/h2-8,16-17H,9H2,1H3. The predicted molar refractivity (Wildman–Crippen MR) is 76.1 cm³/mol. The second-order valence-electron chi connectivity index (χ2n) is 3.87. The molecule has 18 heavy (non-hydrogen) atoms. The first-order chi connectivity index (χ1) is 8.69. The summed E-state index contributed by atoms with van der Waals surface area (Å²) in [5.41, 5.74) is 2.03. The summed E-state index contributed by atoms with van der Waals surface area (Å²) in [6.45, 7) is 0.652. The Morgan fingerprint density at radius 2 is 1.89 bits per heavy atom. The average molecular weight is 308 g/mol. The van der Waals surface area contributed by atoms with Gasteiger partial charge < -0.3 is 15.2 Å². The van der Waals surface area contributed by atoms with E-state index in [0.717, 1.165) is 15.7 Å². The first-order valence-corrected chi connectivity index (χ1v) is 6.33. The van der Waals surface area contributed by atoms with Gasteiger partial charge in [0.25, 0.3) is 0 Å². The van der Waals surface area contributed by atoms with E-state index < -0.39 is 0 Å². The Hall–Kier alpha value is -1.68. The maximum atomic E-state index is 9.67. The van der Waals surface area contributed by atoms with E-state index in [-0.39, 0.29) is 5.75 Å². The lowest BCUT2D eigenvalue weighted by molar-refractivity contribution is 0.373. The molecule has 0 unspecified atom stereocenters. The first-order valence-electron chi connectivity index (χ1n) is 5.54. The van der Waals surface area contributed by atoms with Gasteiger partial charge in [-0.25, -0.2) is 0 Å². The summed E-state index contributed by atoms with van der Waals surface area (Å²) in [7, 11) is 1.54. The zero-order valence-corrected chi connectivity index (χ0v) is 11.6. The van der Waals surface area contributed by atoms with E-state index >= 15 is 0 Å². The third-order valence-electron chi connectivity index (χ3n) is 2.58.